The van der Waals surface area contributed by atoms with E-state index in [1.54, 1.807) is 0 Å². The van der Waals surface area contributed by atoms with Crippen LogP contribution >= 0.6 is 15.9 Å². The molecule has 0 aromatic heterocycles. The maximum absolute atomic E-state index is 3.52. The van der Waals surface area contributed by atoms with Crippen molar-refractivity contribution < 1.29 is 0 Å². The smallest absolute Gasteiger partial charge is 0.0175 e. The van der Waals surface area contributed by atoms with Gasteiger partial charge in [-0.25, -0.2) is 0 Å². The van der Waals surface area contributed by atoms with Crippen molar-refractivity contribution in [3.05, 3.63) is 108 Å². The molecule has 4 aromatic carbocycles. The standard InChI is InChI=1S/C24H17Br/c25-24-13-11-20(12-14-24)23-16-21(18-7-3-1-4-8-18)15-22(17-23)19-9-5-2-6-10-19/h1-17H. The molecule has 0 atom stereocenters. The fourth-order valence-electron chi connectivity index (χ4n) is 3.03. The molecule has 0 aliphatic carbocycles. The summed E-state index contributed by atoms with van der Waals surface area (Å²) >= 11 is 3.52. The maximum atomic E-state index is 3.52. The third-order valence-corrected chi connectivity index (χ3v) is 4.85. The Balaban J connectivity index is 1.90. The Bertz CT molecular complexity index is 914. The Morgan fingerprint density at radius 2 is 0.720 bits per heavy atom. The Morgan fingerprint density at radius 1 is 0.360 bits per heavy atom. The second-order valence-corrected chi connectivity index (χ2v) is 6.95. The number of halogens is 1. The number of hydrogen-bond acceptors (Lipinski definition) is 0. The highest BCUT2D eigenvalue weighted by atomic mass is 79.9. The molecule has 0 fully saturated rings. The Labute approximate surface area is 156 Å². The maximum Gasteiger partial charge on any atom is 0.0175 e. The molecule has 0 amide bonds. The van der Waals surface area contributed by atoms with E-state index in [1.165, 1.54) is 33.4 Å². The molecule has 0 aliphatic rings. The predicted molar refractivity (Wildman–Crippen MR) is 110 cm³/mol. The molecule has 4 rings (SSSR count). The topological polar surface area (TPSA) is 0 Å². The van der Waals surface area contributed by atoms with Crippen LogP contribution < -0.4 is 0 Å². The van der Waals surface area contributed by atoms with Crippen LogP contribution in [0, 0.1) is 0 Å². The van der Waals surface area contributed by atoms with Crippen molar-refractivity contribution >= 4 is 15.9 Å². The van der Waals surface area contributed by atoms with Gasteiger partial charge in [-0.15, -0.1) is 0 Å². The molecule has 0 saturated carbocycles. The van der Waals surface area contributed by atoms with Gasteiger partial charge in [0, 0.05) is 4.47 Å². The van der Waals surface area contributed by atoms with Gasteiger partial charge < -0.3 is 0 Å². The summed E-state index contributed by atoms with van der Waals surface area (Å²) in [5.74, 6) is 0. The molecule has 0 heterocycles. The van der Waals surface area contributed by atoms with E-state index in [-0.39, 0.29) is 0 Å². The summed E-state index contributed by atoms with van der Waals surface area (Å²) in [4.78, 5) is 0. The first-order chi connectivity index (χ1) is 12.3. The quantitative estimate of drug-likeness (QED) is 0.344. The lowest BCUT2D eigenvalue weighted by molar-refractivity contribution is 1.56. The summed E-state index contributed by atoms with van der Waals surface area (Å²) in [6.07, 6.45) is 0. The first-order valence-electron chi connectivity index (χ1n) is 8.31. The highest BCUT2D eigenvalue weighted by Gasteiger charge is 2.07. The molecule has 0 radical (unpaired) electrons. The van der Waals surface area contributed by atoms with Crippen molar-refractivity contribution in [1.29, 1.82) is 0 Å². The van der Waals surface area contributed by atoms with Crippen LogP contribution in [0.3, 0.4) is 0 Å². The Morgan fingerprint density at radius 3 is 1.12 bits per heavy atom. The lowest BCUT2D eigenvalue weighted by atomic mass is 9.93. The molecule has 1 heteroatoms. The summed E-state index contributed by atoms with van der Waals surface area (Å²) in [6, 6.07) is 36.4. The van der Waals surface area contributed by atoms with E-state index in [0.29, 0.717) is 0 Å². The lowest BCUT2D eigenvalue weighted by Gasteiger charge is -2.11. The zero-order valence-corrected chi connectivity index (χ0v) is 15.3. The molecule has 0 nitrogen and oxygen atoms in total. The number of hydrogen-bond donors (Lipinski definition) is 0. The van der Waals surface area contributed by atoms with Gasteiger partial charge in [-0.3, -0.25) is 0 Å². The van der Waals surface area contributed by atoms with Gasteiger partial charge in [0.1, 0.15) is 0 Å². The van der Waals surface area contributed by atoms with Crippen LogP contribution in [0.5, 0.6) is 0 Å². The van der Waals surface area contributed by atoms with Gasteiger partial charge in [0.25, 0.3) is 0 Å². The van der Waals surface area contributed by atoms with E-state index < -0.39 is 0 Å². The number of benzene rings is 4. The zero-order chi connectivity index (χ0) is 17.1. The van der Waals surface area contributed by atoms with Crippen LogP contribution in [-0.4, -0.2) is 0 Å². The molecule has 120 valence electrons. The average Bonchev–Trinajstić information content (AvgIpc) is 2.69. The molecule has 0 saturated heterocycles. The molecule has 0 spiro atoms. The zero-order valence-electron chi connectivity index (χ0n) is 13.7. The second-order valence-electron chi connectivity index (χ2n) is 6.04. The molecular weight excluding hydrogens is 368 g/mol. The Hall–Kier alpha value is -2.64. The molecule has 0 N–H and O–H groups in total. The number of rotatable bonds is 3. The first-order valence-corrected chi connectivity index (χ1v) is 9.11. The lowest BCUT2D eigenvalue weighted by Crippen LogP contribution is -1.86. The van der Waals surface area contributed by atoms with Crippen molar-refractivity contribution in [2.45, 2.75) is 0 Å². The fourth-order valence-corrected chi connectivity index (χ4v) is 3.30. The van der Waals surface area contributed by atoms with Gasteiger partial charge in [0.2, 0.25) is 0 Å². The van der Waals surface area contributed by atoms with E-state index in [9.17, 15) is 0 Å². The third kappa shape index (κ3) is 3.57. The summed E-state index contributed by atoms with van der Waals surface area (Å²) in [7, 11) is 0. The van der Waals surface area contributed by atoms with E-state index in [0.717, 1.165) is 4.47 Å². The van der Waals surface area contributed by atoms with Crippen molar-refractivity contribution in [3.8, 4) is 33.4 Å². The van der Waals surface area contributed by atoms with Gasteiger partial charge in [-0.05, 0) is 63.7 Å². The summed E-state index contributed by atoms with van der Waals surface area (Å²) in [5, 5.41) is 0. The minimum absolute atomic E-state index is 1.10. The van der Waals surface area contributed by atoms with Crippen molar-refractivity contribution in [1.82, 2.24) is 0 Å². The van der Waals surface area contributed by atoms with Crippen LogP contribution in [0.25, 0.3) is 33.4 Å². The van der Waals surface area contributed by atoms with Crippen LogP contribution in [0.2, 0.25) is 0 Å². The average molecular weight is 385 g/mol. The van der Waals surface area contributed by atoms with Crippen LogP contribution in [-0.2, 0) is 0 Å². The van der Waals surface area contributed by atoms with Crippen LogP contribution in [0.1, 0.15) is 0 Å². The van der Waals surface area contributed by atoms with E-state index in [2.05, 4.69) is 119 Å². The van der Waals surface area contributed by atoms with Crippen LogP contribution in [0.15, 0.2) is 108 Å². The Kier molecular flexibility index (Phi) is 4.49. The molecule has 0 unspecified atom stereocenters. The highest BCUT2D eigenvalue weighted by Crippen LogP contribution is 2.33. The predicted octanol–water partition coefficient (Wildman–Crippen LogP) is 7.45. The monoisotopic (exact) mass is 384 g/mol. The third-order valence-electron chi connectivity index (χ3n) is 4.32. The fraction of sp³-hybridized carbons (Fsp3) is 0. The molecule has 25 heavy (non-hydrogen) atoms. The summed E-state index contributed by atoms with van der Waals surface area (Å²) < 4.78 is 1.10. The van der Waals surface area contributed by atoms with E-state index in [1.807, 2.05) is 0 Å². The molecule has 0 bridgehead atoms. The largest absolute Gasteiger partial charge is 0.0622 e. The van der Waals surface area contributed by atoms with Crippen LogP contribution in [0.4, 0.5) is 0 Å². The van der Waals surface area contributed by atoms with Gasteiger partial charge in [0.15, 0.2) is 0 Å². The summed E-state index contributed by atoms with van der Waals surface area (Å²) in [6.45, 7) is 0. The first kappa shape index (κ1) is 15.9. The minimum atomic E-state index is 1.10. The van der Waals surface area contributed by atoms with Crippen molar-refractivity contribution in [2.24, 2.45) is 0 Å². The van der Waals surface area contributed by atoms with Crippen molar-refractivity contribution in [3.63, 3.8) is 0 Å². The molecular formula is C24H17Br. The molecule has 4 aromatic rings. The highest BCUT2D eigenvalue weighted by molar-refractivity contribution is 9.10. The van der Waals surface area contributed by atoms with E-state index >= 15 is 0 Å². The van der Waals surface area contributed by atoms with Crippen molar-refractivity contribution in [2.75, 3.05) is 0 Å². The van der Waals surface area contributed by atoms with Gasteiger partial charge in [0.05, 0.1) is 0 Å². The summed E-state index contributed by atoms with van der Waals surface area (Å²) in [5.41, 5.74) is 7.39. The second kappa shape index (κ2) is 7.08. The normalized spacial score (nSPS) is 10.6. The molecule has 0 aliphatic heterocycles. The minimum Gasteiger partial charge on any atom is -0.0622 e. The van der Waals surface area contributed by atoms with E-state index in [4.69, 9.17) is 0 Å². The van der Waals surface area contributed by atoms with Gasteiger partial charge in [-0.1, -0.05) is 88.7 Å². The van der Waals surface area contributed by atoms with Gasteiger partial charge >= 0.3 is 0 Å². The SMILES string of the molecule is Brc1ccc(-c2cc(-c3ccccc3)cc(-c3ccccc3)c2)cc1. The van der Waals surface area contributed by atoms with Gasteiger partial charge in [-0.2, -0.15) is 0 Å².